The van der Waals surface area contributed by atoms with Crippen molar-refractivity contribution in [1.29, 1.82) is 0 Å². The Hall–Kier alpha value is -2.44. The van der Waals surface area contributed by atoms with E-state index < -0.39 is 0 Å². The average molecular weight is 366 g/mol. The van der Waals surface area contributed by atoms with Crippen LogP contribution in [0.15, 0.2) is 48.7 Å². The molecule has 2 aliphatic rings. The van der Waals surface area contributed by atoms with Gasteiger partial charge < -0.3 is 15.0 Å². The number of carbonyl (C=O) groups is 1. The number of rotatable bonds is 5. The Labute approximate surface area is 160 Å². The lowest BCUT2D eigenvalue weighted by Gasteiger charge is -2.27. The van der Waals surface area contributed by atoms with E-state index in [0.29, 0.717) is 5.56 Å². The van der Waals surface area contributed by atoms with Crippen LogP contribution in [0.2, 0.25) is 0 Å². The van der Waals surface area contributed by atoms with Crippen molar-refractivity contribution in [2.75, 3.05) is 44.3 Å². The molecular formula is C21H26N4O2. The van der Waals surface area contributed by atoms with E-state index in [1.54, 1.807) is 6.20 Å². The summed E-state index contributed by atoms with van der Waals surface area (Å²) >= 11 is 0. The van der Waals surface area contributed by atoms with Gasteiger partial charge in [0.15, 0.2) is 0 Å². The first-order valence-electron chi connectivity index (χ1n) is 9.64. The van der Waals surface area contributed by atoms with Gasteiger partial charge in [0.1, 0.15) is 5.82 Å². The second-order valence-electron chi connectivity index (χ2n) is 7.18. The van der Waals surface area contributed by atoms with Crippen LogP contribution in [0.5, 0.6) is 0 Å². The van der Waals surface area contributed by atoms with Gasteiger partial charge in [-0.2, -0.15) is 0 Å². The van der Waals surface area contributed by atoms with E-state index in [1.165, 1.54) is 5.56 Å². The number of ether oxygens (including phenoxy) is 1. The summed E-state index contributed by atoms with van der Waals surface area (Å²) in [4.78, 5) is 21.6. The van der Waals surface area contributed by atoms with Crippen LogP contribution >= 0.6 is 0 Å². The Kier molecular flexibility index (Phi) is 5.65. The van der Waals surface area contributed by atoms with Gasteiger partial charge in [0.05, 0.1) is 18.8 Å². The molecule has 27 heavy (non-hydrogen) atoms. The third-order valence-corrected chi connectivity index (χ3v) is 5.20. The summed E-state index contributed by atoms with van der Waals surface area (Å²) in [6.45, 7) is 5.98. The highest BCUT2D eigenvalue weighted by atomic mass is 16.5. The van der Waals surface area contributed by atoms with Crippen molar-refractivity contribution in [2.45, 2.75) is 19.0 Å². The number of pyridine rings is 1. The monoisotopic (exact) mass is 366 g/mol. The van der Waals surface area contributed by atoms with E-state index in [1.807, 2.05) is 18.2 Å². The highest BCUT2D eigenvalue weighted by Gasteiger charge is 2.24. The van der Waals surface area contributed by atoms with E-state index in [4.69, 9.17) is 4.74 Å². The zero-order valence-electron chi connectivity index (χ0n) is 15.5. The first-order valence-corrected chi connectivity index (χ1v) is 9.64. The number of nitrogens with one attached hydrogen (secondary N) is 1. The van der Waals surface area contributed by atoms with Crippen molar-refractivity contribution in [3.63, 3.8) is 0 Å². The van der Waals surface area contributed by atoms with Crippen molar-refractivity contribution in [3.8, 4) is 0 Å². The maximum atomic E-state index is 12.5. The van der Waals surface area contributed by atoms with Gasteiger partial charge in [0.2, 0.25) is 0 Å². The lowest BCUT2D eigenvalue weighted by molar-refractivity contribution is 0.0937. The number of aromatic nitrogens is 1. The molecule has 0 spiro atoms. The molecule has 6 heteroatoms. The molecule has 1 unspecified atom stereocenters. The van der Waals surface area contributed by atoms with Crippen molar-refractivity contribution in [3.05, 3.63) is 59.8 Å². The lowest BCUT2D eigenvalue weighted by Crippen LogP contribution is -2.38. The van der Waals surface area contributed by atoms with Crippen molar-refractivity contribution in [2.24, 2.45) is 0 Å². The molecule has 1 atom stereocenters. The summed E-state index contributed by atoms with van der Waals surface area (Å²) in [6, 6.07) is 14.5. The first-order chi connectivity index (χ1) is 13.3. The van der Waals surface area contributed by atoms with Crippen molar-refractivity contribution < 1.29 is 9.53 Å². The minimum absolute atomic E-state index is 0.0393. The Bertz CT molecular complexity index is 745. The number of morpholine rings is 1. The number of nitrogens with zero attached hydrogens (tertiary/aromatic N) is 3. The second-order valence-corrected chi connectivity index (χ2v) is 7.18. The molecule has 4 rings (SSSR count). The van der Waals surface area contributed by atoms with E-state index in [2.05, 4.69) is 44.4 Å². The number of carbonyl (C=O) groups excluding carboxylic acids is 1. The fourth-order valence-electron chi connectivity index (χ4n) is 3.70. The summed E-state index contributed by atoms with van der Waals surface area (Å²) in [5, 5.41) is 3.16. The van der Waals surface area contributed by atoms with Crippen LogP contribution in [0.4, 0.5) is 5.82 Å². The zero-order valence-corrected chi connectivity index (χ0v) is 15.5. The molecule has 2 aromatic rings. The van der Waals surface area contributed by atoms with Crippen LogP contribution in [0.3, 0.4) is 0 Å². The van der Waals surface area contributed by atoms with Crippen LogP contribution < -0.4 is 10.2 Å². The molecule has 1 N–H and O–H groups in total. The quantitative estimate of drug-likeness (QED) is 0.876. The van der Waals surface area contributed by atoms with E-state index in [9.17, 15) is 4.79 Å². The van der Waals surface area contributed by atoms with Gasteiger partial charge in [-0.1, -0.05) is 30.3 Å². The molecule has 3 heterocycles. The largest absolute Gasteiger partial charge is 0.378 e. The van der Waals surface area contributed by atoms with Crippen LogP contribution in [0.25, 0.3) is 0 Å². The van der Waals surface area contributed by atoms with Crippen molar-refractivity contribution in [1.82, 2.24) is 15.2 Å². The summed E-state index contributed by atoms with van der Waals surface area (Å²) in [5.74, 6) is 0.868. The Balaban J connectivity index is 1.29. The van der Waals surface area contributed by atoms with Crippen LogP contribution in [-0.4, -0.2) is 61.2 Å². The number of likely N-dealkylation sites (tertiary alicyclic amines) is 1. The van der Waals surface area contributed by atoms with E-state index >= 15 is 0 Å². The minimum Gasteiger partial charge on any atom is -0.378 e. The van der Waals surface area contributed by atoms with Crippen LogP contribution in [0.1, 0.15) is 22.3 Å². The maximum absolute atomic E-state index is 12.5. The fraction of sp³-hybridized carbons (Fsp3) is 0.429. The summed E-state index contributed by atoms with van der Waals surface area (Å²) in [7, 11) is 0. The minimum atomic E-state index is -0.0393. The molecule has 2 saturated heterocycles. The molecule has 1 aromatic heterocycles. The summed E-state index contributed by atoms with van der Waals surface area (Å²) in [6.07, 6.45) is 2.66. The van der Waals surface area contributed by atoms with Crippen molar-refractivity contribution >= 4 is 11.7 Å². The molecule has 2 aliphatic heterocycles. The summed E-state index contributed by atoms with van der Waals surface area (Å²) in [5.41, 5.74) is 1.93. The molecule has 0 bridgehead atoms. The normalized spacial score (nSPS) is 20.6. The molecule has 0 saturated carbocycles. The van der Waals surface area contributed by atoms with Gasteiger partial charge >= 0.3 is 0 Å². The molecule has 1 amide bonds. The standard InChI is InChI=1S/C21H26N4O2/c26-21(18-6-7-20(22-14-18)25-10-12-27-13-11-25)23-19-8-9-24(16-19)15-17-4-2-1-3-5-17/h1-7,14,19H,8-13,15-16H2,(H,23,26). The third-order valence-electron chi connectivity index (χ3n) is 5.20. The molecule has 0 aliphatic carbocycles. The topological polar surface area (TPSA) is 57.7 Å². The highest BCUT2D eigenvalue weighted by molar-refractivity contribution is 5.94. The molecule has 6 nitrogen and oxygen atoms in total. The smallest absolute Gasteiger partial charge is 0.253 e. The number of amides is 1. The van der Waals surface area contributed by atoms with E-state index in [0.717, 1.165) is 58.2 Å². The Morgan fingerprint density at radius 3 is 2.67 bits per heavy atom. The maximum Gasteiger partial charge on any atom is 0.253 e. The van der Waals surface area contributed by atoms with Crippen LogP contribution in [-0.2, 0) is 11.3 Å². The third kappa shape index (κ3) is 4.64. The lowest BCUT2D eigenvalue weighted by atomic mass is 10.2. The summed E-state index contributed by atoms with van der Waals surface area (Å²) < 4.78 is 5.37. The number of hydrogen-bond donors (Lipinski definition) is 1. The fourth-order valence-corrected chi connectivity index (χ4v) is 3.70. The molecular weight excluding hydrogens is 340 g/mol. The van der Waals surface area contributed by atoms with E-state index in [-0.39, 0.29) is 11.9 Å². The molecule has 1 aromatic carbocycles. The zero-order chi connectivity index (χ0) is 18.5. The molecule has 2 fully saturated rings. The molecule has 142 valence electrons. The van der Waals surface area contributed by atoms with Gasteiger partial charge in [0.25, 0.3) is 5.91 Å². The second kappa shape index (κ2) is 8.50. The van der Waals surface area contributed by atoms with Gasteiger partial charge in [-0.3, -0.25) is 9.69 Å². The number of hydrogen-bond acceptors (Lipinski definition) is 5. The van der Waals surface area contributed by atoms with Gasteiger partial charge in [-0.05, 0) is 24.1 Å². The van der Waals surface area contributed by atoms with Crippen LogP contribution in [0, 0.1) is 0 Å². The average Bonchev–Trinajstić information content (AvgIpc) is 3.16. The predicted molar refractivity (Wildman–Crippen MR) is 105 cm³/mol. The number of anilines is 1. The van der Waals surface area contributed by atoms with Gasteiger partial charge in [-0.25, -0.2) is 4.98 Å². The Morgan fingerprint density at radius 2 is 1.93 bits per heavy atom. The first kappa shape index (κ1) is 17.9. The van der Waals surface area contributed by atoms with Gasteiger partial charge in [0, 0.05) is 45.0 Å². The predicted octanol–water partition coefficient (Wildman–Crippen LogP) is 1.92. The Morgan fingerprint density at radius 1 is 1.11 bits per heavy atom. The SMILES string of the molecule is O=C(NC1CCN(Cc2ccccc2)C1)c1ccc(N2CCOCC2)nc1. The van der Waals surface area contributed by atoms with Gasteiger partial charge in [-0.15, -0.1) is 0 Å². The number of benzene rings is 1. The highest BCUT2D eigenvalue weighted by Crippen LogP contribution is 2.16. The molecule has 0 radical (unpaired) electrons.